The van der Waals surface area contributed by atoms with Gasteiger partial charge in [0.1, 0.15) is 0 Å². The predicted molar refractivity (Wildman–Crippen MR) is 75.6 cm³/mol. The van der Waals surface area contributed by atoms with Crippen LogP contribution in [0.25, 0.3) is 0 Å². The smallest absolute Gasteiger partial charge is 0.258 e. The second-order valence-electron chi connectivity index (χ2n) is 4.78. The van der Waals surface area contributed by atoms with Crippen LogP contribution in [0.4, 0.5) is 5.69 Å². The molecule has 1 atom stereocenters. The minimum absolute atomic E-state index is 0.0449. The van der Waals surface area contributed by atoms with Crippen molar-refractivity contribution in [2.24, 2.45) is 0 Å². The molecule has 2 rings (SSSR count). The maximum atomic E-state index is 12.0. The van der Waals surface area contributed by atoms with Crippen molar-refractivity contribution in [3.8, 4) is 0 Å². The topological polar surface area (TPSA) is 89.3 Å². The molecule has 1 aromatic rings. The van der Waals surface area contributed by atoms with Crippen molar-refractivity contribution in [2.75, 3.05) is 0 Å². The van der Waals surface area contributed by atoms with E-state index >= 15 is 0 Å². The number of hydrogen-bond donors (Lipinski definition) is 1. The Balaban J connectivity index is 2.00. The molecule has 20 heavy (non-hydrogen) atoms. The Hall–Kier alpha value is -1.73. The number of nitro benzene ring substituents is 1. The van der Waals surface area contributed by atoms with Crippen molar-refractivity contribution in [1.82, 2.24) is 4.72 Å². The second-order valence-corrected chi connectivity index (χ2v) is 6.54. The first-order chi connectivity index (χ1) is 9.46. The summed E-state index contributed by atoms with van der Waals surface area (Å²) in [5.41, 5.74) is 0.492. The number of hydrogen-bond acceptors (Lipinski definition) is 4. The second kappa shape index (κ2) is 6.15. The van der Waals surface area contributed by atoms with Gasteiger partial charge in [0.05, 0.1) is 10.7 Å². The molecule has 0 radical (unpaired) electrons. The molecule has 0 aliphatic heterocycles. The summed E-state index contributed by atoms with van der Waals surface area (Å²) in [7, 11) is -3.42. The summed E-state index contributed by atoms with van der Waals surface area (Å²) in [6, 6.07) is 5.52. The zero-order valence-corrected chi connectivity index (χ0v) is 11.7. The highest BCUT2D eigenvalue weighted by Gasteiger charge is 2.19. The molecule has 1 unspecified atom stereocenters. The molecule has 0 spiro atoms. The lowest BCUT2D eigenvalue weighted by Crippen LogP contribution is -2.36. The first-order valence-corrected chi connectivity index (χ1v) is 8.00. The minimum atomic E-state index is -3.42. The zero-order chi connectivity index (χ0) is 14.6. The molecule has 0 bridgehead atoms. The minimum Gasteiger partial charge on any atom is -0.258 e. The molecule has 1 aliphatic rings. The van der Waals surface area contributed by atoms with Crippen molar-refractivity contribution in [3.63, 3.8) is 0 Å². The van der Waals surface area contributed by atoms with Crippen LogP contribution < -0.4 is 4.72 Å². The molecule has 1 N–H and O–H groups in total. The third-order valence-corrected chi connectivity index (χ3v) is 4.52. The zero-order valence-electron chi connectivity index (χ0n) is 10.9. The third kappa shape index (κ3) is 4.14. The Morgan fingerprint density at radius 2 is 1.95 bits per heavy atom. The summed E-state index contributed by atoms with van der Waals surface area (Å²) in [5, 5.41) is 10.5. The molecule has 0 fully saturated rings. The summed E-state index contributed by atoms with van der Waals surface area (Å²) in [5.74, 6) is -0.161. The maximum absolute atomic E-state index is 12.0. The molecule has 1 aromatic carbocycles. The van der Waals surface area contributed by atoms with E-state index in [1.165, 1.54) is 24.3 Å². The van der Waals surface area contributed by atoms with Crippen LogP contribution in [0.5, 0.6) is 0 Å². The predicted octanol–water partition coefficient (Wildman–Crippen LogP) is 2.12. The summed E-state index contributed by atoms with van der Waals surface area (Å²) in [6.45, 7) is 0. The average Bonchev–Trinajstić information content (AvgIpc) is 2.39. The quantitative estimate of drug-likeness (QED) is 0.512. The van der Waals surface area contributed by atoms with Crippen LogP contribution in [0.3, 0.4) is 0 Å². The molecule has 7 heteroatoms. The molecular formula is C13H16N2O4S. The molecule has 0 amide bonds. The van der Waals surface area contributed by atoms with E-state index in [9.17, 15) is 18.5 Å². The van der Waals surface area contributed by atoms with Gasteiger partial charge in [-0.3, -0.25) is 10.1 Å². The Bertz CT molecular complexity index is 608. The van der Waals surface area contributed by atoms with E-state index in [1.807, 2.05) is 12.2 Å². The first kappa shape index (κ1) is 14.7. The lowest BCUT2D eigenvalue weighted by molar-refractivity contribution is -0.384. The molecule has 0 heterocycles. The van der Waals surface area contributed by atoms with Gasteiger partial charge in [0.2, 0.25) is 10.0 Å². The number of nitro groups is 1. The lowest BCUT2D eigenvalue weighted by Gasteiger charge is -2.19. The Kier molecular flexibility index (Phi) is 4.51. The van der Waals surface area contributed by atoms with E-state index in [0.29, 0.717) is 12.0 Å². The highest BCUT2D eigenvalue weighted by molar-refractivity contribution is 7.88. The largest absolute Gasteiger partial charge is 0.269 e. The van der Waals surface area contributed by atoms with Gasteiger partial charge >= 0.3 is 0 Å². The first-order valence-electron chi connectivity index (χ1n) is 6.34. The number of benzene rings is 1. The van der Waals surface area contributed by atoms with Crippen LogP contribution in [0.15, 0.2) is 36.4 Å². The molecule has 0 aromatic heterocycles. The van der Waals surface area contributed by atoms with E-state index in [0.717, 1.165) is 12.8 Å². The van der Waals surface area contributed by atoms with Gasteiger partial charge in [0.15, 0.2) is 0 Å². The van der Waals surface area contributed by atoms with E-state index in [4.69, 9.17) is 0 Å². The van der Waals surface area contributed by atoms with E-state index in [1.54, 1.807) is 0 Å². The van der Waals surface area contributed by atoms with Crippen LogP contribution in [0, 0.1) is 10.1 Å². The summed E-state index contributed by atoms with van der Waals surface area (Å²) in [6.07, 6.45) is 6.41. The number of sulfonamides is 1. The monoisotopic (exact) mass is 296 g/mol. The normalized spacial score (nSPS) is 18.9. The maximum Gasteiger partial charge on any atom is 0.269 e. The molecule has 108 valence electrons. The SMILES string of the molecule is O=[N+]([O-])c1ccc(CS(=O)(=O)NC2CC=CCC2)cc1. The van der Waals surface area contributed by atoms with Crippen molar-refractivity contribution >= 4 is 15.7 Å². The lowest BCUT2D eigenvalue weighted by atomic mass is 10.0. The molecule has 1 aliphatic carbocycles. The number of allylic oxidation sites excluding steroid dienone is 1. The summed E-state index contributed by atoms with van der Waals surface area (Å²) >= 11 is 0. The standard InChI is InChI=1S/C13H16N2O4S/c16-15(17)13-8-6-11(7-9-13)10-20(18,19)14-12-4-2-1-3-5-12/h1-2,6-9,12,14H,3-5,10H2. The summed E-state index contributed by atoms with van der Waals surface area (Å²) < 4.78 is 26.7. The fourth-order valence-corrected chi connectivity index (χ4v) is 3.57. The Morgan fingerprint density at radius 1 is 1.25 bits per heavy atom. The van der Waals surface area contributed by atoms with Gasteiger partial charge in [0.25, 0.3) is 5.69 Å². The molecule has 0 saturated heterocycles. The van der Waals surface area contributed by atoms with Gasteiger partial charge in [-0.2, -0.15) is 0 Å². The number of nitrogens with one attached hydrogen (secondary N) is 1. The van der Waals surface area contributed by atoms with Gasteiger partial charge in [-0.15, -0.1) is 0 Å². The van der Waals surface area contributed by atoms with Crippen LogP contribution in [-0.2, 0) is 15.8 Å². The van der Waals surface area contributed by atoms with Crippen LogP contribution >= 0.6 is 0 Å². The van der Waals surface area contributed by atoms with Crippen molar-refractivity contribution in [1.29, 1.82) is 0 Å². The number of non-ortho nitro benzene ring substituents is 1. The fourth-order valence-electron chi connectivity index (χ4n) is 2.13. The van der Waals surface area contributed by atoms with Gasteiger partial charge in [-0.25, -0.2) is 13.1 Å². The van der Waals surface area contributed by atoms with Crippen LogP contribution in [0.1, 0.15) is 24.8 Å². The van der Waals surface area contributed by atoms with Crippen molar-refractivity contribution in [2.45, 2.75) is 31.1 Å². The van der Waals surface area contributed by atoms with Crippen LogP contribution in [0.2, 0.25) is 0 Å². The van der Waals surface area contributed by atoms with E-state index < -0.39 is 14.9 Å². The third-order valence-electron chi connectivity index (χ3n) is 3.12. The Labute approximate surface area is 117 Å². The Morgan fingerprint density at radius 3 is 2.50 bits per heavy atom. The van der Waals surface area contributed by atoms with Crippen molar-refractivity contribution in [3.05, 3.63) is 52.1 Å². The molecule has 0 saturated carbocycles. The van der Waals surface area contributed by atoms with Crippen molar-refractivity contribution < 1.29 is 13.3 Å². The summed E-state index contributed by atoms with van der Waals surface area (Å²) in [4.78, 5) is 10.0. The molecule has 6 nitrogen and oxygen atoms in total. The van der Waals surface area contributed by atoms with Gasteiger partial charge in [-0.05, 0) is 24.8 Å². The molecular weight excluding hydrogens is 280 g/mol. The van der Waals surface area contributed by atoms with Gasteiger partial charge in [-0.1, -0.05) is 24.3 Å². The highest BCUT2D eigenvalue weighted by Crippen LogP contribution is 2.16. The van der Waals surface area contributed by atoms with Gasteiger partial charge < -0.3 is 0 Å². The fraction of sp³-hybridized carbons (Fsp3) is 0.385. The number of nitrogens with zero attached hydrogens (tertiary/aromatic N) is 1. The number of rotatable bonds is 5. The highest BCUT2D eigenvalue weighted by atomic mass is 32.2. The van der Waals surface area contributed by atoms with E-state index in [-0.39, 0.29) is 17.5 Å². The van der Waals surface area contributed by atoms with E-state index in [2.05, 4.69) is 4.72 Å². The van der Waals surface area contributed by atoms with Crippen LogP contribution in [-0.4, -0.2) is 19.4 Å². The van der Waals surface area contributed by atoms with Gasteiger partial charge in [0, 0.05) is 18.2 Å². The average molecular weight is 296 g/mol.